The van der Waals surface area contributed by atoms with Gasteiger partial charge in [-0.05, 0) is 18.3 Å². The van der Waals surface area contributed by atoms with Crippen molar-refractivity contribution in [3.05, 3.63) is 0 Å². The van der Waals surface area contributed by atoms with Gasteiger partial charge in [0.15, 0.2) is 0 Å². The summed E-state index contributed by atoms with van der Waals surface area (Å²) in [5.41, 5.74) is 0.180. The summed E-state index contributed by atoms with van der Waals surface area (Å²) in [6, 6.07) is 0. The van der Waals surface area contributed by atoms with Crippen LogP contribution in [0.25, 0.3) is 0 Å². The molecule has 0 aromatic rings. The predicted octanol–water partition coefficient (Wildman–Crippen LogP) is 1.09. The fraction of sp³-hybridized carbons (Fsp3) is 1.00. The van der Waals surface area contributed by atoms with Crippen LogP contribution in [-0.2, 0) is 10.2 Å². The zero-order chi connectivity index (χ0) is 10.9. The van der Waals surface area contributed by atoms with Crippen molar-refractivity contribution in [2.45, 2.75) is 25.7 Å². The Labute approximate surface area is 99.7 Å². The maximum Gasteiger partial charge on any atom is 0.279 e. The van der Waals surface area contributed by atoms with Gasteiger partial charge in [-0.1, -0.05) is 28.8 Å². The Bertz CT molecular complexity index is 325. The molecule has 1 aliphatic carbocycles. The number of halogens is 1. The van der Waals surface area contributed by atoms with Crippen LogP contribution in [0.1, 0.15) is 25.7 Å². The molecule has 1 saturated carbocycles. The van der Waals surface area contributed by atoms with E-state index in [1.807, 2.05) is 0 Å². The van der Waals surface area contributed by atoms with Gasteiger partial charge in [-0.15, -0.1) is 0 Å². The molecule has 1 saturated heterocycles. The first kappa shape index (κ1) is 11.8. The number of hydrogen-bond donors (Lipinski definition) is 1. The fourth-order valence-electron chi connectivity index (χ4n) is 2.51. The zero-order valence-corrected chi connectivity index (χ0v) is 11.1. The summed E-state index contributed by atoms with van der Waals surface area (Å²) in [5.74, 6) is 0. The molecule has 1 N–H and O–H groups in total. The highest BCUT2D eigenvalue weighted by atomic mass is 79.9. The van der Waals surface area contributed by atoms with Gasteiger partial charge in [0.25, 0.3) is 10.2 Å². The largest absolute Gasteiger partial charge is 0.279 e. The van der Waals surface area contributed by atoms with E-state index in [0.717, 1.165) is 18.2 Å². The lowest BCUT2D eigenvalue weighted by molar-refractivity contribution is 0.261. The molecule has 0 atom stereocenters. The summed E-state index contributed by atoms with van der Waals surface area (Å²) in [6.07, 6.45) is 4.74. The third-order valence-corrected chi connectivity index (χ3v) is 6.19. The standard InChI is InChI=1S/C9H17BrN2O2S/c10-7-9(3-1-2-4-9)8-12-6-5-11-15(12,13)14/h11H,1-8H2. The molecule has 0 radical (unpaired) electrons. The van der Waals surface area contributed by atoms with Crippen molar-refractivity contribution >= 4 is 26.1 Å². The second kappa shape index (κ2) is 4.31. The van der Waals surface area contributed by atoms with Gasteiger partial charge in [0.05, 0.1) is 0 Å². The van der Waals surface area contributed by atoms with Crippen molar-refractivity contribution in [1.82, 2.24) is 9.03 Å². The van der Waals surface area contributed by atoms with Crippen molar-refractivity contribution in [2.24, 2.45) is 5.41 Å². The van der Waals surface area contributed by atoms with Crippen LogP contribution in [0.2, 0.25) is 0 Å². The van der Waals surface area contributed by atoms with Gasteiger partial charge < -0.3 is 0 Å². The molecular weight excluding hydrogens is 280 g/mol. The smallest absolute Gasteiger partial charge is 0.201 e. The van der Waals surface area contributed by atoms with Crippen molar-refractivity contribution in [2.75, 3.05) is 25.0 Å². The average Bonchev–Trinajstić information content (AvgIpc) is 2.76. The van der Waals surface area contributed by atoms with Gasteiger partial charge in [0, 0.05) is 25.0 Å². The SMILES string of the molecule is O=S1(=O)NCCN1CC1(CBr)CCCC1. The first-order valence-corrected chi connectivity index (χ1v) is 7.95. The molecule has 88 valence electrons. The number of nitrogens with zero attached hydrogens (tertiary/aromatic N) is 1. The molecule has 2 fully saturated rings. The number of nitrogens with one attached hydrogen (secondary N) is 1. The molecule has 0 bridgehead atoms. The molecule has 1 heterocycles. The Morgan fingerprint density at radius 3 is 2.47 bits per heavy atom. The van der Waals surface area contributed by atoms with Crippen LogP contribution in [0.3, 0.4) is 0 Å². The van der Waals surface area contributed by atoms with Crippen LogP contribution in [0, 0.1) is 5.41 Å². The number of hydrogen-bond acceptors (Lipinski definition) is 2. The van der Waals surface area contributed by atoms with E-state index in [0.29, 0.717) is 19.6 Å². The molecule has 2 aliphatic rings. The number of rotatable bonds is 3. The minimum Gasteiger partial charge on any atom is -0.201 e. The van der Waals surface area contributed by atoms with E-state index in [9.17, 15) is 8.42 Å². The van der Waals surface area contributed by atoms with Crippen LogP contribution in [-0.4, -0.2) is 37.7 Å². The average molecular weight is 297 g/mol. The monoisotopic (exact) mass is 296 g/mol. The van der Waals surface area contributed by atoms with Crippen LogP contribution in [0.5, 0.6) is 0 Å². The summed E-state index contributed by atoms with van der Waals surface area (Å²) in [4.78, 5) is 0. The molecule has 0 aromatic heterocycles. The predicted molar refractivity (Wildman–Crippen MR) is 63.2 cm³/mol. The van der Waals surface area contributed by atoms with Crippen molar-refractivity contribution in [3.8, 4) is 0 Å². The van der Waals surface area contributed by atoms with E-state index >= 15 is 0 Å². The highest BCUT2D eigenvalue weighted by molar-refractivity contribution is 9.09. The van der Waals surface area contributed by atoms with E-state index in [2.05, 4.69) is 20.7 Å². The first-order chi connectivity index (χ1) is 7.08. The zero-order valence-electron chi connectivity index (χ0n) is 8.71. The van der Waals surface area contributed by atoms with Gasteiger partial charge in [0.1, 0.15) is 0 Å². The Morgan fingerprint density at radius 2 is 2.00 bits per heavy atom. The van der Waals surface area contributed by atoms with Crippen molar-refractivity contribution in [3.63, 3.8) is 0 Å². The van der Waals surface area contributed by atoms with Crippen LogP contribution < -0.4 is 4.72 Å². The molecule has 6 heteroatoms. The maximum absolute atomic E-state index is 11.6. The lowest BCUT2D eigenvalue weighted by Crippen LogP contribution is -2.39. The minimum absolute atomic E-state index is 0.180. The lowest BCUT2D eigenvalue weighted by atomic mass is 9.89. The molecule has 4 nitrogen and oxygen atoms in total. The molecule has 0 unspecified atom stereocenters. The summed E-state index contributed by atoms with van der Waals surface area (Å²) in [5, 5.41) is 0.909. The molecule has 2 rings (SSSR count). The second-order valence-electron chi connectivity index (χ2n) is 4.57. The van der Waals surface area contributed by atoms with Crippen molar-refractivity contribution < 1.29 is 8.42 Å². The summed E-state index contributed by atoms with van der Waals surface area (Å²) < 4.78 is 27.4. The van der Waals surface area contributed by atoms with Crippen LogP contribution in [0.4, 0.5) is 0 Å². The van der Waals surface area contributed by atoms with E-state index in [-0.39, 0.29) is 5.41 Å². The van der Waals surface area contributed by atoms with E-state index in [1.165, 1.54) is 12.8 Å². The van der Waals surface area contributed by atoms with E-state index in [4.69, 9.17) is 0 Å². The van der Waals surface area contributed by atoms with Gasteiger partial charge in [0.2, 0.25) is 0 Å². The summed E-state index contributed by atoms with van der Waals surface area (Å²) >= 11 is 3.54. The third kappa shape index (κ3) is 2.38. The lowest BCUT2D eigenvalue weighted by Gasteiger charge is -2.30. The summed E-state index contributed by atoms with van der Waals surface area (Å²) in [7, 11) is -3.16. The highest BCUT2D eigenvalue weighted by Gasteiger charge is 2.39. The Hall–Kier alpha value is 0.350. The minimum atomic E-state index is -3.16. The summed E-state index contributed by atoms with van der Waals surface area (Å²) in [6.45, 7) is 1.85. The van der Waals surface area contributed by atoms with Gasteiger partial charge in [-0.25, -0.2) is 4.72 Å². The van der Waals surface area contributed by atoms with Crippen molar-refractivity contribution in [1.29, 1.82) is 0 Å². The quantitative estimate of drug-likeness (QED) is 0.793. The Morgan fingerprint density at radius 1 is 1.33 bits per heavy atom. The van der Waals surface area contributed by atoms with Crippen LogP contribution in [0.15, 0.2) is 0 Å². The van der Waals surface area contributed by atoms with Gasteiger partial charge in [-0.3, -0.25) is 0 Å². The molecule has 0 spiro atoms. The second-order valence-corrected chi connectivity index (χ2v) is 6.89. The highest BCUT2D eigenvalue weighted by Crippen LogP contribution is 2.40. The molecule has 15 heavy (non-hydrogen) atoms. The molecule has 1 aliphatic heterocycles. The molecule has 0 aromatic carbocycles. The van der Waals surface area contributed by atoms with E-state index < -0.39 is 10.2 Å². The first-order valence-electron chi connectivity index (χ1n) is 5.39. The number of alkyl halides is 1. The third-order valence-electron chi connectivity index (χ3n) is 3.45. The Balaban J connectivity index is 2.07. The van der Waals surface area contributed by atoms with Gasteiger partial charge in [-0.2, -0.15) is 12.7 Å². The van der Waals surface area contributed by atoms with E-state index in [1.54, 1.807) is 4.31 Å². The Kier molecular flexibility index (Phi) is 3.40. The molecule has 0 amide bonds. The fourth-order valence-corrected chi connectivity index (χ4v) is 4.55. The topological polar surface area (TPSA) is 49.4 Å². The normalized spacial score (nSPS) is 29.7. The van der Waals surface area contributed by atoms with Crippen LogP contribution >= 0.6 is 15.9 Å². The molecular formula is C9H17BrN2O2S. The maximum atomic E-state index is 11.6. The van der Waals surface area contributed by atoms with Gasteiger partial charge >= 0.3 is 0 Å².